The lowest BCUT2D eigenvalue weighted by Gasteiger charge is -2.40. The van der Waals surface area contributed by atoms with Crippen LogP contribution in [0.5, 0.6) is 0 Å². The third-order valence-corrected chi connectivity index (χ3v) is 4.78. The highest BCUT2D eigenvalue weighted by atomic mass is 35.5. The Labute approximate surface area is 165 Å². The molecular weight excluding hydrogens is 367 g/mol. The van der Waals surface area contributed by atoms with Gasteiger partial charge in [0.1, 0.15) is 11.9 Å². The van der Waals surface area contributed by atoms with Crippen molar-refractivity contribution in [3.63, 3.8) is 0 Å². The van der Waals surface area contributed by atoms with Crippen molar-refractivity contribution in [2.75, 3.05) is 6.54 Å². The van der Waals surface area contributed by atoms with Crippen molar-refractivity contribution in [2.45, 2.75) is 52.6 Å². The normalized spacial score (nSPS) is 20.6. The van der Waals surface area contributed by atoms with Crippen LogP contribution in [0.2, 0.25) is 5.02 Å². The molecule has 1 heterocycles. The summed E-state index contributed by atoms with van der Waals surface area (Å²) in [7, 11) is 0. The van der Waals surface area contributed by atoms with Crippen LogP contribution in [0.4, 0.5) is 4.39 Å². The average molecular weight is 395 g/mol. The van der Waals surface area contributed by atoms with Crippen LogP contribution >= 0.6 is 11.6 Å². The van der Waals surface area contributed by atoms with Crippen molar-refractivity contribution >= 4 is 29.5 Å². The van der Waals surface area contributed by atoms with Gasteiger partial charge in [-0.05, 0) is 42.9 Å². The second kappa shape index (κ2) is 9.36. The highest BCUT2D eigenvalue weighted by Crippen LogP contribution is 2.21. The predicted molar refractivity (Wildman–Crippen MR) is 107 cm³/mol. The molecule has 1 aliphatic heterocycles. The largest absolute Gasteiger partial charge is 0.350 e. The molecule has 1 fully saturated rings. The van der Waals surface area contributed by atoms with Crippen LogP contribution in [0.25, 0.3) is 6.08 Å². The fraction of sp³-hybridized carbons (Fsp3) is 0.524. The summed E-state index contributed by atoms with van der Waals surface area (Å²) in [6.07, 6.45) is 4.17. The van der Waals surface area contributed by atoms with Crippen LogP contribution in [0.1, 0.15) is 46.1 Å². The van der Waals surface area contributed by atoms with Crippen LogP contribution in [-0.2, 0) is 9.59 Å². The molecule has 27 heavy (non-hydrogen) atoms. The van der Waals surface area contributed by atoms with Crippen molar-refractivity contribution in [2.24, 2.45) is 11.8 Å². The maximum absolute atomic E-state index is 13.9. The van der Waals surface area contributed by atoms with E-state index in [1.807, 2.05) is 13.8 Å². The average Bonchev–Trinajstić information content (AvgIpc) is 2.55. The molecule has 2 unspecified atom stereocenters. The molecule has 0 saturated carbocycles. The number of amides is 2. The van der Waals surface area contributed by atoms with E-state index in [0.717, 1.165) is 6.42 Å². The molecule has 1 N–H and O–H groups in total. The first kappa shape index (κ1) is 21.4. The maximum atomic E-state index is 13.9. The summed E-state index contributed by atoms with van der Waals surface area (Å²) in [5.74, 6) is -0.194. The van der Waals surface area contributed by atoms with Crippen LogP contribution in [-0.4, -0.2) is 35.3 Å². The van der Waals surface area contributed by atoms with Crippen LogP contribution < -0.4 is 5.32 Å². The maximum Gasteiger partial charge on any atom is 0.247 e. The van der Waals surface area contributed by atoms with Gasteiger partial charge in [0.25, 0.3) is 0 Å². The van der Waals surface area contributed by atoms with E-state index in [2.05, 4.69) is 19.2 Å². The Balaban J connectivity index is 2.20. The van der Waals surface area contributed by atoms with Gasteiger partial charge in [0.2, 0.25) is 11.8 Å². The molecule has 1 aromatic carbocycles. The van der Waals surface area contributed by atoms with Crippen LogP contribution in [0.15, 0.2) is 24.3 Å². The molecule has 0 bridgehead atoms. The SMILES string of the molecule is CC(C)CC1CN(C(=O)C=Cc2ccc(Cl)cc2F)C(CC(C)C)C(=O)N1. The van der Waals surface area contributed by atoms with E-state index in [1.165, 1.54) is 24.3 Å². The molecule has 148 valence electrons. The predicted octanol–water partition coefficient (Wildman–Crippen LogP) is 4.28. The van der Waals surface area contributed by atoms with Crippen molar-refractivity contribution in [1.82, 2.24) is 10.2 Å². The number of nitrogens with one attached hydrogen (secondary N) is 1. The van der Waals surface area contributed by atoms with Crippen molar-refractivity contribution < 1.29 is 14.0 Å². The molecule has 2 atom stereocenters. The zero-order valence-corrected chi connectivity index (χ0v) is 17.1. The quantitative estimate of drug-likeness (QED) is 0.732. The molecule has 1 saturated heterocycles. The Morgan fingerprint density at radius 1 is 1.30 bits per heavy atom. The number of hydrogen-bond acceptors (Lipinski definition) is 2. The van der Waals surface area contributed by atoms with E-state index < -0.39 is 11.9 Å². The number of piperazine rings is 1. The molecule has 0 radical (unpaired) electrons. The first-order valence-corrected chi connectivity index (χ1v) is 9.79. The van der Waals surface area contributed by atoms with E-state index >= 15 is 0 Å². The molecule has 4 nitrogen and oxygen atoms in total. The Kier molecular flexibility index (Phi) is 7.42. The van der Waals surface area contributed by atoms with Gasteiger partial charge in [-0.15, -0.1) is 0 Å². The Morgan fingerprint density at radius 3 is 2.56 bits per heavy atom. The molecule has 2 amide bonds. The van der Waals surface area contributed by atoms with E-state index in [0.29, 0.717) is 23.9 Å². The monoisotopic (exact) mass is 394 g/mol. The lowest BCUT2D eigenvalue weighted by atomic mass is 9.95. The number of benzene rings is 1. The zero-order valence-electron chi connectivity index (χ0n) is 16.3. The lowest BCUT2D eigenvalue weighted by molar-refractivity contribution is -0.142. The van der Waals surface area contributed by atoms with Gasteiger partial charge in [0, 0.05) is 29.2 Å². The summed E-state index contributed by atoms with van der Waals surface area (Å²) >= 11 is 5.76. The minimum atomic E-state index is -0.499. The van der Waals surface area contributed by atoms with Gasteiger partial charge in [0.15, 0.2) is 0 Å². The second-order valence-electron chi connectivity index (χ2n) is 7.97. The molecule has 0 aromatic heterocycles. The van der Waals surface area contributed by atoms with Crippen LogP contribution in [0, 0.1) is 17.7 Å². The molecule has 1 aromatic rings. The molecule has 0 aliphatic carbocycles. The first-order valence-electron chi connectivity index (χ1n) is 9.41. The summed E-state index contributed by atoms with van der Waals surface area (Å²) < 4.78 is 13.9. The number of carbonyl (C=O) groups is 2. The van der Waals surface area contributed by atoms with Gasteiger partial charge in [-0.25, -0.2) is 4.39 Å². The smallest absolute Gasteiger partial charge is 0.247 e. The van der Waals surface area contributed by atoms with Crippen molar-refractivity contribution in [1.29, 1.82) is 0 Å². The minimum absolute atomic E-state index is 0.0643. The Hall–Kier alpha value is -1.88. The van der Waals surface area contributed by atoms with Crippen LogP contribution in [0.3, 0.4) is 0 Å². The summed E-state index contributed by atoms with van der Waals surface area (Å²) in [5, 5.41) is 3.35. The second-order valence-corrected chi connectivity index (χ2v) is 8.41. The standard InChI is InChI=1S/C21H28ClFN2O2/c1-13(2)9-17-12-25(19(10-14(3)4)21(27)24-17)20(26)8-6-15-5-7-16(22)11-18(15)23/h5-8,11,13-14,17,19H,9-10,12H2,1-4H3,(H,24,27). The number of nitrogens with zero attached hydrogens (tertiary/aromatic N) is 1. The minimum Gasteiger partial charge on any atom is -0.350 e. The Bertz CT molecular complexity index is 718. The van der Waals surface area contributed by atoms with Gasteiger partial charge in [-0.3, -0.25) is 9.59 Å². The highest BCUT2D eigenvalue weighted by Gasteiger charge is 2.36. The summed E-state index contributed by atoms with van der Waals surface area (Å²) in [4.78, 5) is 27.0. The lowest BCUT2D eigenvalue weighted by Crippen LogP contribution is -2.61. The first-order chi connectivity index (χ1) is 12.7. The molecule has 6 heteroatoms. The third kappa shape index (κ3) is 6.06. The van der Waals surface area contributed by atoms with Gasteiger partial charge >= 0.3 is 0 Å². The van der Waals surface area contributed by atoms with E-state index in [1.54, 1.807) is 11.0 Å². The van der Waals surface area contributed by atoms with Crippen molar-refractivity contribution in [3.05, 3.63) is 40.7 Å². The van der Waals surface area contributed by atoms with Crippen molar-refractivity contribution in [3.8, 4) is 0 Å². The van der Waals surface area contributed by atoms with E-state index in [4.69, 9.17) is 11.6 Å². The molecule has 1 aliphatic rings. The Morgan fingerprint density at radius 2 is 1.96 bits per heavy atom. The van der Waals surface area contributed by atoms with E-state index in [-0.39, 0.29) is 29.3 Å². The van der Waals surface area contributed by atoms with Gasteiger partial charge in [-0.2, -0.15) is 0 Å². The van der Waals surface area contributed by atoms with Gasteiger partial charge in [0.05, 0.1) is 0 Å². The molecule has 2 rings (SSSR count). The number of hydrogen-bond donors (Lipinski definition) is 1. The topological polar surface area (TPSA) is 49.4 Å². The highest BCUT2D eigenvalue weighted by molar-refractivity contribution is 6.30. The number of rotatable bonds is 6. The summed E-state index contributed by atoms with van der Waals surface area (Å²) in [6, 6.07) is 3.74. The molecule has 0 spiro atoms. The number of carbonyl (C=O) groups excluding carboxylic acids is 2. The fourth-order valence-electron chi connectivity index (χ4n) is 3.37. The molecular formula is C21H28ClFN2O2. The third-order valence-electron chi connectivity index (χ3n) is 4.54. The summed E-state index contributed by atoms with van der Waals surface area (Å²) in [6.45, 7) is 8.68. The van der Waals surface area contributed by atoms with E-state index in [9.17, 15) is 14.0 Å². The van der Waals surface area contributed by atoms with Gasteiger partial charge in [-0.1, -0.05) is 45.4 Å². The summed E-state index contributed by atoms with van der Waals surface area (Å²) in [5.41, 5.74) is 0.286. The fourth-order valence-corrected chi connectivity index (χ4v) is 3.53. The zero-order chi connectivity index (χ0) is 20.1. The number of halogens is 2. The van der Waals surface area contributed by atoms with Gasteiger partial charge < -0.3 is 10.2 Å².